The molecule has 0 atom stereocenters. The molecule has 0 heterocycles. The van der Waals surface area contributed by atoms with Crippen LogP contribution in [-0.2, 0) is 4.79 Å². The normalized spacial score (nSPS) is 12.2. The Balaban J connectivity index is 3.03. The van der Waals surface area contributed by atoms with Crippen molar-refractivity contribution in [3.63, 3.8) is 0 Å². The maximum absolute atomic E-state index is 12.5. The second-order valence-electron chi connectivity index (χ2n) is 5.40. The highest BCUT2D eigenvalue weighted by Gasteiger charge is 2.21. The van der Waals surface area contributed by atoms with Crippen molar-refractivity contribution in [2.75, 3.05) is 0 Å². The van der Waals surface area contributed by atoms with E-state index < -0.39 is 0 Å². The van der Waals surface area contributed by atoms with Gasteiger partial charge >= 0.3 is 0 Å². The van der Waals surface area contributed by atoms with Gasteiger partial charge in [-0.25, -0.2) is 0 Å². The second-order valence-corrected chi connectivity index (χ2v) is 7.11. The third-order valence-corrected chi connectivity index (χ3v) is 4.89. The van der Waals surface area contributed by atoms with Crippen LogP contribution in [0.4, 0.5) is 0 Å². The van der Waals surface area contributed by atoms with Gasteiger partial charge in [0.2, 0.25) is 5.91 Å². The lowest BCUT2D eigenvalue weighted by atomic mass is 10.1. The van der Waals surface area contributed by atoms with Crippen molar-refractivity contribution in [2.24, 2.45) is 0 Å². The Morgan fingerprint density at radius 3 is 2.10 bits per heavy atom. The van der Waals surface area contributed by atoms with E-state index in [2.05, 4.69) is 31.9 Å². The maximum Gasteiger partial charge on any atom is 0.249 e. The molecule has 1 aromatic carbocycles. The number of carbonyl (C=O) groups excluding carboxylic acids is 1. The van der Waals surface area contributed by atoms with E-state index >= 15 is 0 Å². The first-order valence-electron chi connectivity index (χ1n) is 6.70. The first-order chi connectivity index (χ1) is 9.23. The topological polar surface area (TPSA) is 20.3 Å². The highest BCUT2D eigenvalue weighted by atomic mass is 79.9. The van der Waals surface area contributed by atoms with Gasteiger partial charge in [-0.3, -0.25) is 4.79 Å². The zero-order valence-corrected chi connectivity index (χ0v) is 15.7. The smallest absolute Gasteiger partial charge is 0.249 e. The fraction of sp³-hybridized carbons (Fsp3) is 0.438. The van der Waals surface area contributed by atoms with Gasteiger partial charge in [0.25, 0.3) is 0 Å². The summed E-state index contributed by atoms with van der Waals surface area (Å²) < 4.78 is 1.99. The molecule has 1 rings (SSSR count). The summed E-state index contributed by atoms with van der Waals surface area (Å²) >= 11 is 6.92. The molecule has 0 aliphatic carbocycles. The first-order valence-corrected chi connectivity index (χ1v) is 8.28. The van der Waals surface area contributed by atoms with Crippen LogP contribution in [0.1, 0.15) is 40.2 Å². The van der Waals surface area contributed by atoms with E-state index in [0.717, 1.165) is 20.1 Å². The standard InChI is InChI=1S/C16H21Br2NO/c1-10(2)19(11(3)4)16(20)12(5)8-13-6-7-14(17)15(18)9-13/h6-11H,1-5H3/b12-8-. The molecular formula is C16H21Br2NO. The third-order valence-electron chi connectivity index (χ3n) is 3.01. The quantitative estimate of drug-likeness (QED) is 0.629. The van der Waals surface area contributed by atoms with Crippen molar-refractivity contribution in [3.8, 4) is 0 Å². The van der Waals surface area contributed by atoms with Crippen LogP contribution in [0.2, 0.25) is 0 Å². The Morgan fingerprint density at radius 1 is 1.10 bits per heavy atom. The van der Waals surface area contributed by atoms with Crippen molar-refractivity contribution in [3.05, 3.63) is 38.3 Å². The van der Waals surface area contributed by atoms with Crippen LogP contribution in [0.5, 0.6) is 0 Å². The molecule has 0 bridgehead atoms. The van der Waals surface area contributed by atoms with Crippen LogP contribution in [0, 0.1) is 0 Å². The minimum absolute atomic E-state index is 0.0917. The van der Waals surface area contributed by atoms with Crippen molar-refractivity contribution in [1.29, 1.82) is 0 Å². The van der Waals surface area contributed by atoms with E-state index in [4.69, 9.17) is 0 Å². The predicted molar refractivity (Wildman–Crippen MR) is 92.6 cm³/mol. The summed E-state index contributed by atoms with van der Waals surface area (Å²) in [5.74, 6) is 0.0917. The average Bonchev–Trinajstić information content (AvgIpc) is 2.32. The fourth-order valence-electron chi connectivity index (χ4n) is 2.18. The van der Waals surface area contributed by atoms with Crippen molar-refractivity contribution in [1.82, 2.24) is 4.90 Å². The molecule has 0 aliphatic rings. The van der Waals surface area contributed by atoms with E-state index in [1.165, 1.54) is 0 Å². The molecule has 0 aromatic heterocycles. The molecule has 0 fully saturated rings. The van der Waals surface area contributed by atoms with E-state index in [9.17, 15) is 4.79 Å². The molecular weight excluding hydrogens is 382 g/mol. The molecule has 110 valence electrons. The number of benzene rings is 1. The Hall–Kier alpha value is -0.610. The minimum atomic E-state index is 0.0917. The molecule has 1 aromatic rings. The molecule has 20 heavy (non-hydrogen) atoms. The lowest BCUT2D eigenvalue weighted by Gasteiger charge is -2.31. The van der Waals surface area contributed by atoms with Gasteiger partial charge in [-0.15, -0.1) is 0 Å². The van der Waals surface area contributed by atoms with Crippen LogP contribution in [0.15, 0.2) is 32.7 Å². The molecule has 0 radical (unpaired) electrons. The van der Waals surface area contributed by atoms with Gasteiger partial charge < -0.3 is 4.90 Å². The Kier molecular flexibility index (Phi) is 6.46. The summed E-state index contributed by atoms with van der Waals surface area (Å²) in [6.07, 6.45) is 1.93. The lowest BCUT2D eigenvalue weighted by Crippen LogP contribution is -2.42. The van der Waals surface area contributed by atoms with Gasteiger partial charge in [0, 0.05) is 26.6 Å². The summed E-state index contributed by atoms with van der Waals surface area (Å²) in [6.45, 7) is 10.0. The number of nitrogens with zero attached hydrogens (tertiary/aromatic N) is 1. The molecule has 0 spiro atoms. The van der Waals surface area contributed by atoms with Crippen LogP contribution in [0.3, 0.4) is 0 Å². The van der Waals surface area contributed by atoms with Gasteiger partial charge in [-0.05, 0) is 90.3 Å². The zero-order chi connectivity index (χ0) is 15.4. The average molecular weight is 403 g/mol. The first kappa shape index (κ1) is 17.4. The number of carbonyl (C=O) groups is 1. The van der Waals surface area contributed by atoms with Crippen LogP contribution in [-0.4, -0.2) is 22.9 Å². The Morgan fingerprint density at radius 2 is 1.65 bits per heavy atom. The fourth-order valence-corrected chi connectivity index (χ4v) is 2.83. The van der Waals surface area contributed by atoms with Crippen molar-refractivity contribution < 1.29 is 4.79 Å². The monoisotopic (exact) mass is 401 g/mol. The summed E-state index contributed by atoms with van der Waals surface area (Å²) in [4.78, 5) is 14.4. The number of amides is 1. The second kappa shape index (κ2) is 7.41. The van der Waals surface area contributed by atoms with E-state index in [1.54, 1.807) is 0 Å². The van der Waals surface area contributed by atoms with Crippen molar-refractivity contribution in [2.45, 2.75) is 46.7 Å². The van der Waals surface area contributed by atoms with Gasteiger partial charge in [0.05, 0.1) is 0 Å². The molecule has 0 saturated heterocycles. The number of rotatable bonds is 4. The number of hydrogen-bond donors (Lipinski definition) is 0. The summed E-state index contributed by atoms with van der Waals surface area (Å²) in [7, 11) is 0. The molecule has 0 unspecified atom stereocenters. The van der Waals surface area contributed by atoms with E-state index in [1.807, 2.05) is 63.8 Å². The van der Waals surface area contributed by atoms with Gasteiger partial charge in [0.15, 0.2) is 0 Å². The summed E-state index contributed by atoms with van der Waals surface area (Å²) in [6, 6.07) is 6.34. The third kappa shape index (κ3) is 4.45. The molecule has 1 amide bonds. The predicted octanol–water partition coefficient (Wildman–Crippen LogP) is 5.26. The Bertz CT molecular complexity index is 513. The maximum atomic E-state index is 12.5. The van der Waals surface area contributed by atoms with Gasteiger partial charge in [-0.1, -0.05) is 6.07 Å². The van der Waals surface area contributed by atoms with Crippen LogP contribution >= 0.6 is 31.9 Å². The highest BCUT2D eigenvalue weighted by Crippen LogP contribution is 2.25. The lowest BCUT2D eigenvalue weighted by molar-refractivity contribution is -0.130. The summed E-state index contributed by atoms with van der Waals surface area (Å²) in [5.41, 5.74) is 1.76. The highest BCUT2D eigenvalue weighted by molar-refractivity contribution is 9.13. The Labute approximate surface area is 138 Å². The number of hydrogen-bond acceptors (Lipinski definition) is 1. The SMILES string of the molecule is C/C(=C/c1ccc(Br)c(Br)c1)C(=O)N(C(C)C)C(C)C. The largest absolute Gasteiger partial charge is 0.334 e. The van der Waals surface area contributed by atoms with Gasteiger partial charge in [-0.2, -0.15) is 0 Å². The van der Waals surface area contributed by atoms with E-state index in [0.29, 0.717) is 0 Å². The molecule has 2 nitrogen and oxygen atoms in total. The van der Waals surface area contributed by atoms with Crippen LogP contribution < -0.4 is 0 Å². The number of halogens is 2. The molecule has 0 N–H and O–H groups in total. The molecule has 0 aliphatic heterocycles. The van der Waals surface area contributed by atoms with E-state index in [-0.39, 0.29) is 18.0 Å². The van der Waals surface area contributed by atoms with Crippen molar-refractivity contribution >= 4 is 43.8 Å². The van der Waals surface area contributed by atoms with Crippen LogP contribution in [0.25, 0.3) is 6.08 Å². The molecule has 4 heteroatoms. The zero-order valence-electron chi connectivity index (χ0n) is 12.6. The summed E-state index contributed by atoms with van der Waals surface area (Å²) in [5, 5.41) is 0. The van der Waals surface area contributed by atoms with Gasteiger partial charge in [0.1, 0.15) is 0 Å². The minimum Gasteiger partial charge on any atom is -0.334 e. The molecule has 0 saturated carbocycles.